The highest BCUT2D eigenvalue weighted by atomic mass is 19.1. The maximum Gasteiger partial charge on any atom is 0.255 e. The van der Waals surface area contributed by atoms with Gasteiger partial charge in [-0.3, -0.25) is 14.6 Å². The van der Waals surface area contributed by atoms with Crippen LogP contribution in [0.25, 0.3) is 39.1 Å². The van der Waals surface area contributed by atoms with E-state index in [2.05, 4.69) is 16.0 Å². The number of methoxy groups -OCH3 is 1. The van der Waals surface area contributed by atoms with Crippen LogP contribution in [0.5, 0.6) is 5.75 Å². The van der Waals surface area contributed by atoms with E-state index in [1.807, 2.05) is 73.7 Å². The Morgan fingerprint density at radius 3 is 2.47 bits per heavy atom. The zero-order chi connectivity index (χ0) is 32.7. The average Bonchev–Trinajstić information content (AvgIpc) is 3.79. The SMILES string of the molecule is CNC(=O)c1c(-c2ccc(F)cc2)oc2ccc(-c3cc(C(=O)NC4(C5=NCC=C(c6cccc(OC)c6)N5)CC4)ccc3C)cc12. The molecule has 4 aromatic carbocycles. The Bertz CT molecular complexity index is 2110. The fourth-order valence-electron chi connectivity index (χ4n) is 6.03. The van der Waals surface area contributed by atoms with Crippen LogP contribution in [0.4, 0.5) is 4.39 Å². The molecule has 0 unspecified atom stereocenters. The van der Waals surface area contributed by atoms with Gasteiger partial charge in [-0.15, -0.1) is 0 Å². The summed E-state index contributed by atoms with van der Waals surface area (Å²) in [6.45, 7) is 2.49. The lowest BCUT2D eigenvalue weighted by molar-refractivity contribution is 0.0940. The molecule has 0 bridgehead atoms. The van der Waals surface area contributed by atoms with Gasteiger partial charge in [-0.25, -0.2) is 4.39 Å². The number of ether oxygens (including phenoxy) is 1. The van der Waals surface area contributed by atoms with E-state index in [9.17, 15) is 14.0 Å². The van der Waals surface area contributed by atoms with Crippen molar-refractivity contribution < 1.29 is 23.1 Å². The van der Waals surface area contributed by atoms with E-state index in [0.717, 1.165) is 52.4 Å². The molecule has 1 aromatic heterocycles. The zero-order valence-corrected chi connectivity index (χ0v) is 26.2. The summed E-state index contributed by atoms with van der Waals surface area (Å²) < 4.78 is 25.2. The van der Waals surface area contributed by atoms with Crippen molar-refractivity contribution in [2.75, 3.05) is 20.7 Å². The van der Waals surface area contributed by atoms with E-state index in [-0.39, 0.29) is 17.6 Å². The maximum atomic E-state index is 13.7. The Kier molecular flexibility index (Phi) is 7.60. The predicted molar refractivity (Wildman–Crippen MR) is 181 cm³/mol. The van der Waals surface area contributed by atoms with Crippen LogP contribution in [0.15, 0.2) is 100 Å². The first-order chi connectivity index (χ1) is 22.8. The van der Waals surface area contributed by atoms with E-state index >= 15 is 0 Å². The number of nitrogens with zero attached hydrogens (tertiary/aromatic N) is 1. The highest BCUT2D eigenvalue weighted by molar-refractivity contribution is 6.12. The number of benzene rings is 4. The number of carbonyl (C=O) groups is 2. The number of nitrogens with one attached hydrogen (secondary N) is 3. The van der Waals surface area contributed by atoms with Gasteiger partial charge in [0.1, 0.15) is 28.7 Å². The third kappa shape index (κ3) is 5.65. The van der Waals surface area contributed by atoms with Crippen LogP contribution in [0, 0.1) is 12.7 Å². The molecule has 1 saturated carbocycles. The molecule has 8 nitrogen and oxygen atoms in total. The molecule has 1 aliphatic heterocycles. The Morgan fingerprint density at radius 2 is 1.72 bits per heavy atom. The van der Waals surface area contributed by atoms with Crippen LogP contribution in [-0.4, -0.2) is 43.9 Å². The van der Waals surface area contributed by atoms with Crippen LogP contribution in [0.3, 0.4) is 0 Å². The van der Waals surface area contributed by atoms with Crippen molar-refractivity contribution in [2.24, 2.45) is 4.99 Å². The number of rotatable bonds is 8. The Morgan fingerprint density at radius 1 is 0.936 bits per heavy atom. The normalized spacial score (nSPS) is 14.9. The molecule has 0 radical (unpaired) electrons. The van der Waals surface area contributed by atoms with Crippen molar-refractivity contribution in [3.05, 3.63) is 119 Å². The summed E-state index contributed by atoms with van der Waals surface area (Å²) in [4.78, 5) is 31.5. The van der Waals surface area contributed by atoms with E-state index in [1.54, 1.807) is 26.3 Å². The summed E-state index contributed by atoms with van der Waals surface area (Å²) >= 11 is 0. The number of amidine groups is 1. The van der Waals surface area contributed by atoms with Gasteiger partial charge in [-0.05, 0) is 103 Å². The van der Waals surface area contributed by atoms with E-state index in [0.29, 0.717) is 40.0 Å². The Hall–Kier alpha value is -5.70. The summed E-state index contributed by atoms with van der Waals surface area (Å²) in [6.07, 6.45) is 3.59. The molecule has 0 saturated heterocycles. The van der Waals surface area contributed by atoms with Crippen LogP contribution in [-0.2, 0) is 0 Å². The minimum Gasteiger partial charge on any atom is -0.497 e. The number of hydrogen-bond acceptors (Lipinski definition) is 6. The first-order valence-corrected chi connectivity index (χ1v) is 15.4. The number of hydrogen-bond donors (Lipinski definition) is 3. The zero-order valence-electron chi connectivity index (χ0n) is 26.2. The second-order valence-corrected chi connectivity index (χ2v) is 11.8. The molecule has 2 heterocycles. The number of carbonyl (C=O) groups excluding carboxylic acids is 2. The smallest absolute Gasteiger partial charge is 0.255 e. The minimum absolute atomic E-state index is 0.195. The molecule has 1 aliphatic carbocycles. The van der Waals surface area contributed by atoms with Crippen molar-refractivity contribution in [3.8, 4) is 28.2 Å². The molecular weight excluding hydrogens is 595 g/mol. The number of furan rings is 1. The number of amides is 2. The first-order valence-electron chi connectivity index (χ1n) is 15.4. The largest absolute Gasteiger partial charge is 0.497 e. The Labute approximate surface area is 271 Å². The molecule has 47 heavy (non-hydrogen) atoms. The van der Waals surface area contributed by atoms with Crippen molar-refractivity contribution in [1.82, 2.24) is 16.0 Å². The van der Waals surface area contributed by atoms with Crippen molar-refractivity contribution in [3.63, 3.8) is 0 Å². The van der Waals surface area contributed by atoms with Gasteiger partial charge in [0.25, 0.3) is 11.8 Å². The van der Waals surface area contributed by atoms with E-state index in [4.69, 9.17) is 14.1 Å². The van der Waals surface area contributed by atoms with Crippen LogP contribution >= 0.6 is 0 Å². The molecule has 2 amide bonds. The van der Waals surface area contributed by atoms with Crippen LogP contribution < -0.4 is 20.7 Å². The molecule has 1 fully saturated rings. The van der Waals surface area contributed by atoms with Crippen LogP contribution in [0.1, 0.15) is 44.7 Å². The average molecular weight is 629 g/mol. The quantitative estimate of drug-likeness (QED) is 0.174. The molecule has 0 spiro atoms. The summed E-state index contributed by atoms with van der Waals surface area (Å²) in [5.41, 5.74) is 6.01. The molecule has 2 aliphatic rings. The second kappa shape index (κ2) is 11.9. The fraction of sp³-hybridized carbons (Fsp3) is 0.184. The predicted octanol–water partition coefficient (Wildman–Crippen LogP) is 6.89. The highest BCUT2D eigenvalue weighted by Gasteiger charge is 2.50. The summed E-state index contributed by atoms with van der Waals surface area (Å²) in [5, 5.41) is 10.0. The molecule has 3 N–H and O–H groups in total. The third-order valence-electron chi connectivity index (χ3n) is 8.79. The molecule has 0 atom stereocenters. The fourth-order valence-corrected chi connectivity index (χ4v) is 6.03. The van der Waals surface area contributed by atoms with Crippen molar-refractivity contribution in [1.29, 1.82) is 0 Å². The number of aliphatic imine (C=N–C) groups is 1. The molecule has 236 valence electrons. The molecular formula is C38H33FN4O4. The van der Waals surface area contributed by atoms with Gasteiger partial charge in [0.05, 0.1) is 24.8 Å². The van der Waals surface area contributed by atoms with Crippen molar-refractivity contribution in [2.45, 2.75) is 25.3 Å². The number of aryl methyl sites for hydroxylation is 1. The van der Waals surface area contributed by atoms with Gasteiger partial charge in [-0.1, -0.05) is 24.3 Å². The maximum absolute atomic E-state index is 13.7. The first kappa shape index (κ1) is 30.0. The molecule has 5 aromatic rings. The standard InChI is InChI=1S/C38H33FN4O4/c1-22-7-8-26(35(44)43-38(16-17-38)37-41-18-15-31(42-37)25-5-4-6-28(19-25)46-3)21-29(22)24-11-14-32-30(20-24)33(36(45)40-2)34(47-32)23-9-12-27(39)13-10-23/h4-15,19-21H,16-18H2,1-3H3,(H,40,45)(H,41,42)(H,43,44). The Balaban J connectivity index is 1.16. The van der Waals surface area contributed by atoms with Gasteiger partial charge < -0.3 is 25.1 Å². The monoisotopic (exact) mass is 628 g/mol. The lowest BCUT2D eigenvalue weighted by Gasteiger charge is -2.25. The lowest BCUT2D eigenvalue weighted by atomic mass is 9.95. The van der Waals surface area contributed by atoms with Gasteiger partial charge in [0.2, 0.25) is 0 Å². The van der Waals surface area contributed by atoms with Gasteiger partial charge in [-0.2, -0.15) is 0 Å². The summed E-state index contributed by atoms with van der Waals surface area (Å²) in [5.74, 6) is 0.993. The number of halogens is 1. The van der Waals surface area contributed by atoms with E-state index < -0.39 is 5.54 Å². The van der Waals surface area contributed by atoms with Gasteiger partial charge in [0.15, 0.2) is 0 Å². The van der Waals surface area contributed by atoms with E-state index in [1.165, 1.54) is 12.1 Å². The number of fused-ring (bicyclic) bond motifs is 1. The summed E-state index contributed by atoms with van der Waals surface area (Å²) in [6, 6.07) is 24.9. The third-order valence-corrected chi connectivity index (χ3v) is 8.79. The second-order valence-electron chi connectivity index (χ2n) is 11.8. The van der Waals surface area contributed by atoms with Crippen molar-refractivity contribution >= 4 is 34.3 Å². The highest BCUT2D eigenvalue weighted by Crippen LogP contribution is 2.39. The topological polar surface area (TPSA) is 105 Å². The minimum atomic E-state index is -0.560. The van der Waals surface area contributed by atoms with Gasteiger partial charge >= 0.3 is 0 Å². The van der Waals surface area contributed by atoms with Crippen LogP contribution in [0.2, 0.25) is 0 Å². The molecule has 9 heteroatoms. The molecule has 7 rings (SSSR count). The lowest BCUT2D eigenvalue weighted by Crippen LogP contribution is -2.49. The van der Waals surface area contributed by atoms with Gasteiger partial charge in [0, 0.05) is 34.8 Å². The summed E-state index contributed by atoms with van der Waals surface area (Å²) in [7, 11) is 3.20.